The monoisotopic (exact) mass is 494 g/mol. The summed E-state index contributed by atoms with van der Waals surface area (Å²) in [6, 6.07) is 12.8. The van der Waals surface area contributed by atoms with E-state index >= 15 is 0 Å². The van der Waals surface area contributed by atoms with Gasteiger partial charge in [0.2, 0.25) is 10.0 Å². The van der Waals surface area contributed by atoms with E-state index in [1.807, 2.05) is 19.9 Å². The molecule has 0 spiro atoms. The van der Waals surface area contributed by atoms with E-state index < -0.39 is 39.7 Å². The summed E-state index contributed by atoms with van der Waals surface area (Å²) in [7, 11) is -2.58. The van der Waals surface area contributed by atoms with Crippen LogP contribution in [0.4, 0.5) is 4.79 Å². The summed E-state index contributed by atoms with van der Waals surface area (Å²) in [5.41, 5.74) is 0.246. The van der Waals surface area contributed by atoms with Crippen molar-refractivity contribution in [1.29, 1.82) is 0 Å². The Hall–Kier alpha value is -2.66. The number of ether oxygens (including phenoxy) is 1. The van der Waals surface area contributed by atoms with Crippen LogP contribution in [0.3, 0.4) is 0 Å². The molecule has 0 heterocycles. The Labute approximate surface area is 200 Å². The van der Waals surface area contributed by atoms with Gasteiger partial charge >= 0.3 is 6.09 Å². The van der Waals surface area contributed by atoms with Crippen molar-refractivity contribution in [1.82, 2.24) is 10.0 Å². The second kappa shape index (κ2) is 12.2. The van der Waals surface area contributed by atoms with Gasteiger partial charge in [-0.05, 0) is 54.5 Å². The third-order valence-electron chi connectivity index (χ3n) is 5.67. The van der Waals surface area contributed by atoms with Gasteiger partial charge in [0.15, 0.2) is 0 Å². The standard InChI is InChI=1S/C24H34N2O7S/c1-24(2,13-14-27)16-21(26-34(31,32)19-11-9-18(33-3)10-12-19)22(28)20(25-23(29)30)15-17-7-5-4-6-8-17/h4-12,20-22,25-28H,13-16H2,1-3H3,(H,29,30)/t20-,21?,22+/m0/s1. The van der Waals surface area contributed by atoms with Crippen LogP contribution < -0.4 is 14.8 Å². The first-order valence-electron chi connectivity index (χ1n) is 11.0. The second-order valence-corrected chi connectivity index (χ2v) is 10.7. The minimum absolute atomic E-state index is 0.0173. The zero-order chi connectivity index (χ0) is 25.4. The third-order valence-corrected chi connectivity index (χ3v) is 7.17. The van der Waals surface area contributed by atoms with Gasteiger partial charge in [-0.15, -0.1) is 0 Å². The summed E-state index contributed by atoms with van der Waals surface area (Å²) in [5.74, 6) is 0.494. The number of amides is 1. The first-order chi connectivity index (χ1) is 16.0. The molecule has 0 bridgehead atoms. The fourth-order valence-electron chi connectivity index (χ4n) is 3.82. The molecule has 0 fully saturated rings. The highest BCUT2D eigenvalue weighted by Gasteiger charge is 2.36. The number of carbonyl (C=O) groups is 1. The summed E-state index contributed by atoms with van der Waals surface area (Å²) in [5, 5.41) is 32.4. The molecule has 5 N–H and O–H groups in total. The molecule has 1 amide bonds. The Bertz CT molecular complexity index is 1010. The fourth-order valence-corrected chi connectivity index (χ4v) is 5.07. The van der Waals surface area contributed by atoms with Crippen LogP contribution in [-0.4, -0.2) is 61.7 Å². The highest BCUT2D eigenvalue weighted by atomic mass is 32.2. The largest absolute Gasteiger partial charge is 0.497 e. The van der Waals surface area contributed by atoms with Crippen LogP contribution in [0.2, 0.25) is 0 Å². The number of methoxy groups -OCH3 is 1. The van der Waals surface area contributed by atoms with E-state index in [0.717, 1.165) is 5.56 Å². The lowest BCUT2D eigenvalue weighted by molar-refractivity contribution is 0.0686. The lowest BCUT2D eigenvalue weighted by Crippen LogP contribution is -2.55. The molecule has 0 aliphatic heterocycles. The molecule has 9 nitrogen and oxygen atoms in total. The number of aliphatic hydroxyl groups excluding tert-OH is 2. The van der Waals surface area contributed by atoms with Gasteiger partial charge in [0.25, 0.3) is 0 Å². The zero-order valence-corrected chi connectivity index (χ0v) is 20.5. The maximum Gasteiger partial charge on any atom is 0.404 e. The number of aliphatic hydroxyl groups is 2. The van der Waals surface area contributed by atoms with Gasteiger partial charge in [-0.2, -0.15) is 0 Å². The Morgan fingerprint density at radius 2 is 1.68 bits per heavy atom. The van der Waals surface area contributed by atoms with Gasteiger partial charge < -0.3 is 25.4 Å². The first-order valence-corrected chi connectivity index (χ1v) is 12.4. The molecule has 0 saturated heterocycles. The Kier molecular flexibility index (Phi) is 9.87. The van der Waals surface area contributed by atoms with Crippen molar-refractivity contribution in [2.75, 3.05) is 13.7 Å². The SMILES string of the molecule is COc1ccc(S(=O)(=O)NC(CC(C)(C)CCO)[C@H](O)[C@H](Cc2ccccc2)NC(=O)O)cc1. The number of sulfonamides is 1. The van der Waals surface area contributed by atoms with Gasteiger partial charge in [0, 0.05) is 6.61 Å². The van der Waals surface area contributed by atoms with Gasteiger partial charge in [0.05, 0.1) is 30.2 Å². The third kappa shape index (κ3) is 8.28. The molecular formula is C24H34N2O7S. The smallest absolute Gasteiger partial charge is 0.404 e. The number of benzene rings is 2. The molecule has 0 aliphatic rings. The minimum atomic E-state index is -4.05. The van der Waals surface area contributed by atoms with Crippen LogP contribution in [0.25, 0.3) is 0 Å². The Morgan fingerprint density at radius 1 is 1.06 bits per heavy atom. The van der Waals surface area contributed by atoms with E-state index in [9.17, 15) is 28.5 Å². The number of hydrogen-bond donors (Lipinski definition) is 5. The normalized spacial score (nSPS) is 14.7. The molecule has 188 valence electrons. The molecule has 0 aliphatic carbocycles. The van der Waals surface area contributed by atoms with Crippen LogP contribution in [0.1, 0.15) is 32.3 Å². The predicted octanol–water partition coefficient (Wildman–Crippen LogP) is 2.38. The highest BCUT2D eigenvalue weighted by Crippen LogP contribution is 2.29. The second-order valence-electron chi connectivity index (χ2n) is 8.98. The molecule has 2 rings (SSSR count). The van der Waals surface area contributed by atoms with Crippen LogP contribution in [0, 0.1) is 5.41 Å². The molecule has 3 atom stereocenters. The van der Waals surface area contributed by atoms with E-state index in [0.29, 0.717) is 12.2 Å². The van der Waals surface area contributed by atoms with Crippen molar-refractivity contribution >= 4 is 16.1 Å². The average Bonchev–Trinajstić information content (AvgIpc) is 2.77. The molecule has 0 radical (unpaired) electrons. The first kappa shape index (κ1) is 27.6. The molecule has 10 heteroatoms. The Morgan fingerprint density at radius 3 is 2.21 bits per heavy atom. The molecule has 0 aromatic heterocycles. The van der Waals surface area contributed by atoms with Crippen molar-refractivity contribution in [3.63, 3.8) is 0 Å². The van der Waals surface area contributed by atoms with E-state index in [2.05, 4.69) is 10.0 Å². The van der Waals surface area contributed by atoms with Gasteiger partial charge in [-0.25, -0.2) is 17.9 Å². The number of nitrogens with one attached hydrogen (secondary N) is 2. The minimum Gasteiger partial charge on any atom is -0.497 e. The summed E-state index contributed by atoms with van der Waals surface area (Å²) in [4.78, 5) is 11.5. The highest BCUT2D eigenvalue weighted by molar-refractivity contribution is 7.89. The van der Waals surface area contributed by atoms with Crippen molar-refractivity contribution in [3.8, 4) is 5.75 Å². The molecule has 2 aromatic rings. The zero-order valence-electron chi connectivity index (χ0n) is 19.6. The summed E-state index contributed by atoms with van der Waals surface area (Å²) in [6.45, 7) is 3.59. The van der Waals surface area contributed by atoms with Crippen molar-refractivity contribution in [3.05, 3.63) is 60.2 Å². The summed E-state index contributed by atoms with van der Waals surface area (Å²) < 4.78 is 33.9. The quantitative estimate of drug-likeness (QED) is 0.287. The van der Waals surface area contributed by atoms with E-state index in [1.54, 1.807) is 24.3 Å². The van der Waals surface area contributed by atoms with Crippen LogP contribution in [0.5, 0.6) is 5.75 Å². The molecule has 2 aromatic carbocycles. The maximum absolute atomic E-state index is 13.1. The number of hydrogen-bond acceptors (Lipinski definition) is 6. The van der Waals surface area contributed by atoms with E-state index in [1.165, 1.54) is 31.4 Å². The van der Waals surface area contributed by atoms with Crippen LogP contribution in [0.15, 0.2) is 59.5 Å². The maximum atomic E-state index is 13.1. The topological polar surface area (TPSA) is 145 Å². The van der Waals surface area contributed by atoms with Crippen LogP contribution >= 0.6 is 0 Å². The van der Waals surface area contributed by atoms with Gasteiger partial charge in [-0.1, -0.05) is 44.2 Å². The van der Waals surface area contributed by atoms with E-state index in [-0.39, 0.29) is 24.3 Å². The number of carboxylic acid groups (broad SMARTS) is 1. The molecular weight excluding hydrogens is 460 g/mol. The van der Waals surface area contributed by atoms with Gasteiger partial charge in [0.1, 0.15) is 5.75 Å². The lowest BCUT2D eigenvalue weighted by atomic mass is 9.80. The van der Waals surface area contributed by atoms with Gasteiger partial charge in [-0.3, -0.25) is 0 Å². The van der Waals surface area contributed by atoms with E-state index in [4.69, 9.17) is 4.74 Å². The van der Waals surface area contributed by atoms with Crippen molar-refractivity contribution in [2.45, 2.75) is 56.2 Å². The van der Waals surface area contributed by atoms with Crippen LogP contribution in [-0.2, 0) is 16.4 Å². The summed E-state index contributed by atoms with van der Waals surface area (Å²) >= 11 is 0. The number of rotatable bonds is 13. The Balaban J connectivity index is 2.38. The average molecular weight is 495 g/mol. The van der Waals surface area contributed by atoms with Crippen molar-refractivity contribution < 1.29 is 33.3 Å². The fraction of sp³-hybridized carbons (Fsp3) is 0.458. The lowest BCUT2D eigenvalue weighted by Gasteiger charge is -2.35. The molecule has 0 saturated carbocycles. The molecule has 34 heavy (non-hydrogen) atoms. The predicted molar refractivity (Wildman–Crippen MR) is 128 cm³/mol. The van der Waals surface area contributed by atoms with Crippen molar-refractivity contribution in [2.24, 2.45) is 5.41 Å². The summed E-state index contributed by atoms with van der Waals surface area (Å²) in [6.07, 6.45) is -2.02. The molecule has 1 unspecified atom stereocenters.